The van der Waals surface area contributed by atoms with Crippen LogP contribution in [0.5, 0.6) is 0 Å². The van der Waals surface area contributed by atoms with E-state index in [1.54, 1.807) is 0 Å². The molecule has 2 nitrogen and oxygen atoms in total. The fourth-order valence-corrected chi connectivity index (χ4v) is 2.41. The normalized spacial score (nSPS) is 19.1. The van der Waals surface area contributed by atoms with Crippen LogP contribution in [0.25, 0.3) is 0 Å². The van der Waals surface area contributed by atoms with Crippen molar-refractivity contribution < 1.29 is 4.79 Å². The number of aliphatic imine (C=N–C) groups is 1. The van der Waals surface area contributed by atoms with Gasteiger partial charge in [-0.2, -0.15) is 0 Å². The van der Waals surface area contributed by atoms with E-state index in [0.29, 0.717) is 18.7 Å². The van der Waals surface area contributed by atoms with Crippen LogP contribution in [0.1, 0.15) is 31.2 Å². The molecule has 2 rings (SSSR count). The van der Waals surface area contributed by atoms with Gasteiger partial charge in [-0.1, -0.05) is 18.2 Å². The first-order chi connectivity index (χ1) is 7.75. The maximum atomic E-state index is 11.3. The molecule has 0 atom stereocenters. The summed E-state index contributed by atoms with van der Waals surface area (Å²) in [4.78, 5) is 15.8. The zero-order chi connectivity index (χ0) is 11.4. The molecule has 0 unspecified atom stereocenters. The molecule has 0 bridgehead atoms. The Hall–Kier alpha value is -0.710. The van der Waals surface area contributed by atoms with Crippen LogP contribution in [0, 0.1) is 3.57 Å². The molecule has 84 valence electrons. The molecule has 3 heteroatoms. The van der Waals surface area contributed by atoms with Gasteiger partial charge in [-0.25, -0.2) is 0 Å². The summed E-state index contributed by atoms with van der Waals surface area (Å²) in [6, 6.07) is 8.24. The summed E-state index contributed by atoms with van der Waals surface area (Å²) in [5.74, 6) is 0.341. The van der Waals surface area contributed by atoms with Gasteiger partial charge in [0.1, 0.15) is 5.78 Å². The number of rotatable bonds is 2. The first kappa shape index (κ1) is 11.8. The van der Waals surface area contributed by atoms with Gasteiger partial charge in [-0.05, 0) is 47.1 Å². The molecule has 1 aliphatic carbocycles. The van der Waals surface area contributed by atoms with Crippen LogP contribution in [-0.2, 0) is 11.3 Å². The lowest BCUT2D eigenvalue weighted by atomic mass is 9.97. The zero-order valence-corrected chi connectivity index (χ0v) is 11.2. The molecule has 1 fully saturated rings. The Morgan fingerprint density at radius 1 is 1.25 bits per heavy atom. The van der Waals surface area contributed by atoms with E-state index in [4.69, 9.17) is 0 Å². The van der Waals surface area contributed by atoms with Crippen LogP contribution < -0.4 is 0 Å². The van der Waals surface area contributed by atoms with Crippen LogP contribution in [0.15, 0.2) is 29.3 Å². The molecule has 0 spiro atoms. The van der Waals surface area contributed by atoms with E-state index < -0.39 is 0 Å². The molecule has 0 heterocycles. The van der Waals surface area contributed by atoms with Crippen molar-refractivity contribution in [3.8, 4) is 0 Å². The second-order valence-electron chi connectivity index (χ2n) is 4.04. The molecule has 1 saturated carbocycles. The zero-order valence-electron chi connectivity index (χ0n) is 9.08. The minimum absolute atomic E-state index is 0.341. The molecule has 0 aliphatic heterocycles. The highest BCUT2D eigenvalue weighted by Crippen LogP contribution is 2.16. The summed E-state index contributed by atoms with van der Waals surface area (Å²) in [6.07, 6.45) is 3.28. The van der Waals surface area contributed by atoms with Crippen LogP contribution in [-0.4, -0.2) is 11.5 Å². The highest BCUT2D eigenvalue weighted by molar-refractivity contribution is 14.1. The monoisotopic (exact) mass is 327 g/mol. The minimum atomic E-state index is 0.341. The van der Waals surface area contributed by atoms with Gasteiger partial charge in [0.2, 0.25) is 0 Å². The van der Waals surface area contributed by atoms with Crippen molar-refractivity contribution in [2.24, 2.45) is 4.99 Å². The van der Waals surface area contributed by atoms with Gasteiger partial charge >= 0.3 is 0 Å². The third-order valence-electron chi connectivity index (χ3n) is 2.75. The Balaban J connectivity index is 2.03. The van der Waals surface area contributed by atoms with Crippen molar-refractivity contribution in [1.82, 2.24) is 0 Å². The van der Waals surface area contributed by atoms with Gasteiger partial charge < -0.3 is 0 Å². The molecule has 0 N–H and O–H groups in total. The average Bonchev–Trinajstić information content (AvgIpc) is 2.28. The van der Waals surface area contributed by atoms with Gasteiger partial charge in [0.25, 0.3) is 0 Å². The summed E-state index contributed by atoms with van der Waals surface area (Å²) in [5, 5.41) is 0. The van der Waals surface area contributed by atoms with Gasteiger partial charge in [0.05, 0.1) is 6.54 Å². The fourth-order valence-electron chi connectivity index (χ4n) is 1.85. The highest BCUT2D eigenvalue weighted by atomic mass is 127. The Morgan fingerprint density at radius 2 is 2.06 bits per heavy atom. The number of nitrogens with zero attached hydrogens (tertiary/aromatic N) is 1. The standard InChI is InChI=1S/C13H14INO/c14-13-7-2-1-4-10(13)9-15-11-5-3-6-12(16)8-11/h1-2,4,7H,3,5-6,8-9H2. The van der Waals surface area contributed by atoms with Crippen molar-refractivity contribution in [2.75, 3.05) is 0 Å². The van der Waals surface area contributed by atoms with E-state index in [2.05, 4.69) is 39.7 Å². The lowest BCUT2D eigenvalue weighted by molar-refractivity contribution is -0.118. The van der Waals surface area contributed by atoms with E-state index in [9.17, 15) is 4.79 Å². The van der Waals surface area contributed by atoms with Gasteiger partial charge in [-0.3, -0.25) is 9.79 Å². The molecular formula is C13H14INO. The average molecular weight is 327 g/mol. The van der Waals surface area contributed by atoms with Crippen molar-refractivity contribution in [1.29, 1.82) is 0 Å². The molecule has 1 aliphatic rings. The SMILES string of the molecule is O=C1CCCC(=NCc2ccccc2I)C1. The second-order valence-corrected chi connectivity index (χ2v) is 5.21. The Labute approximate surface area is 109 Å². The first-order valence-electron chi connectivity index (χ1n) is 5.53. The second kappa shape index (κ2) is 5.57. The van der Waals surface area contributed by atoms with E-state index in [0.717, 1.165) is 25.0 Å². The lowest BCUT2D eigenvalue weighted by Crippen LogP contribution is -2.14. The van der Waals surface area contributed by atoms with Crippen LogP contribution in [0.2, 0.25) is 0 Å². The molecule has 16 heavy (non-hydrogen) atoms. The summed E-state index contributed by atoms with van der Waals surface area (Å²) < 4.78 is 1.24. The fraction of sp³-hybridized carbons (Fsp3) is 0.385. The number of ketones is 1. The van der Waals surface area contributed by atoms with Gasteiger partial charge in [-0.15, -0.1) is 0 Å². The van der Waals surface area contributed by atoms with E-state index in [-0.39, 0.29) is 0 Å². The number of hydrogen-bond donors (Lipinski definition) is 0. The van der Waals surface area contributed by atoms with Crippen molar-refractivity contribution in [3.63, 3.8) is 0 Å². The summed E-state index contributed by atoms with van der Waals surface area (Å²) in [5.41, 5.74) is 2.32. The number of hydrogen-bond acceptors (Lipinski definition) is 2. The molecule has 0 radical (unpaired) electrons. The smallest absolute Gasteiger partial charge is 0.138 e. The third kappa shape index (κ3) is 3.14. The maximum Gasteiger partial charge on any atom is 0.138 e. The van der Waals surface area contributed by atoms with Crippen LogP contribution in [0.3, 0.4) is 0 Å². The maximum absolute atomic E-state index is 11.3. The molecule has 0 saturated heterocycles. The first-order valence-corrected chi connectivity index (χ1v) is 6.61. The number of halogens is 1. The Morgan fingerprint density at radius 3 is 2.81 bits per heavy atom. The predicted molar refractivity (Wildman–Crippen MR) is 73.8 cm³/mol. The largest absolute Gasteiger partial charge is 0.299 e. The lowest BCUT2D eigenvalue weighted by Gasteiger charge is -2.11. The molecular weight excluding hydrogens is 313 g/mol. The topological polar surface area (TPSA) is 29.4 Å². The van der Waals surface area contributed by atoms with Crippen LogP contribution in [0.4, 0.5) is 0 Å². The van der Waals surface area contributed by atoms with Crippen molar-refractivity contribution in [2.45, 2.75) is 32.2 Å². The number of carbonyl (C=O) groups excluding carboxylic acids is 1. The minimum Gasteiger partial charge on any atom is -0.299 e. The predicted octanol–water partition coefficient (Wildman–Crippen LogP) is 3.38. The Kier molecular flexibility index (Phi) is 4.09. The van der Waals surface area contributed by atoms with Crippen molar-refractivity contribution in [3.05, 3.63) is 33.4 Å². The summed E-state index contributed by atoms with van der Waals surface area (Å²) in [6.45, 7) is 0.710. The van der Waals surface area contributed by atoms with E-state index >= 15 is 0 Å². The number of Topliss-reactive ketones (excluding diaryl/α,β-unsaturated/α-hetero) is 1. The van der Waals surface area contributed by atoms with Crippen molar-refractivity contribution >= 4 is 34.1 Å². The van der Waals surface area contributed by atoms with Crippen LogP contribution >= 0.6 is 22.6 Å². The summed E-state index contributed by atoms with van der Waals surface area (Å²) >= 11 is 2.32. The molecule has 1 aromatic carbocycles. The highest BCUT2D eigenvalue weighted by Gasteiger charge is 2.13. The Bertz CT molecular complexity index is 426. The van der Waals surface area contributed by atoms with Gasteiger partial charge in [0, 0.05) is 22.1 Å². The summed E-state index contributed by atoms with van der Waals surface area (Å²) in [7, 11) is 0. The van der Waals surface area contributed by atoms with Gasteiger partial charge in [0.15, 0.2) is 0 Å². The third-order valence-corrected chi connectivity index (χ3v) is 3.81. The van der Waals surface area contributed by atoms with E-state index in [1.165, 1.54) is 9.13 Å². The number of carbonyl (C=O) groups is 1. The molecule has 0 amide bonds. The van der Waals surface area contributed by atoms with E-state index in [1.807, 2.05) is 12.1 Å². The quantitative estimate of drug-likeness (QED) is 0.766. The molecule has 1 aromatic rings. The number of benzene rings is 1. The molecule has 0 aromatic heterocycles.